The van der Waals surface area contributed by atoms with Crippen LogP contribution < -0.4 is 10.6 Å². The smallest absolute Gasteiger partial charge is 0.261 e. The molecule has 0 atom stereocenters. The molecule has 0 fully saturated rings. The number of fused-ring (bicyclic) bond motifs is 2. The Kier molecular flexibility index (Phi) is 13.6. The van der Waals surface area contributed by atoms with Crippen LogP contribution in [-0.2, 0) is 13.1 Å². The van der Waals surface area contributed by atoms with Crippen molar-refractivity contribution in [1.29, 1.82) is 0 Å². The first-order valence-electron chi connectivity index (χ1n) is 15.7. The van der Waals surface area contributed by atoms with Crippen LogP contribution in [0.4, 0.5) is 0 Å². The first-order chi connectivity index (χ1) is 23.8. The highest BCUT2D eigenvalue weighted by Crippen LogP contribution is 2.23. The third-order valence-electron chi connectivity index (χ3n) is 7.56. The molecule has 0 aliphatic carbocycles. The molecule has 8 nitrogen and oxygen atoms in total. The van der Waals surface area contributed by atoms with E-state index in [9.17, 15) is 19.2 Å². The maximum Gasteiger partial charge on any atom is 0.261 e. The van der Waals surface area contributed by atoms with E-state index in [4.69, 9.17) is 6.42 Å². The normalized spacial score (nSPS) is 12.5. The van der Waals surface area contributed by atoms with Crippen LogP contribution in [0, 0.1) is 24.2 Å². The molecule has 0 unspecified atom stereocenters. The van der Waals surface area contributed by atoms with Crippen LogP contribution in [0.5, 0.6) is 0 Å². The van der Waals surface area contributed by atoms with Gasteiger partial charge in [0.15, 0.2) is 0 Å². The van der Waals surface area contributed by atoms with Gasteiger partial charge in [-0.1, -0.05) is 76.3 Å². The number of imide groups is 2. The summed E-state index contributed by atoms with van der Waals surface area (Å²) in [6.45, 7) is 2.38. The van der Waals surface area contributed by atoms with Gasteiger partial charge in [0.2, 0.25) is 0 Å². The summed E-state index contributed by atoms with van der Waals surface area (Å²) in [4.78, 5) is 50.4. The minimum absolute atomic E-state index is 0.228. The van der Waals surface area contributed by atoms with E-state index in [-0.39, 0.29) is 23.6 Å². The number of carbonyl (C=O) groups excluding carboxylic acids is 4. The van der Waals surface area contributed by atoms with Crippen molar-refractivity contribution >= 4 is 39.6 Å². The number of amides is 4. The Bertz CT molecular complexity index is 1830. The molecule has 2 aliphatic heterocycles. The minimum atomic E-state index is -0.245. The van der Waals surface area contributed by atoms with E-state index >= 15 is 0 Å². The number of benzene rings is 4. The van der Waals surface area contributed by atoms with Crippen molar-refractivity contribution in [2.75, 3.05) is 27.2 Å². The van der Waals surface area contributed by atoms with E-state index in [0.717, 1.165) is 23.1 Å². The molecule has 0 saturated carbocycles. The number of carbonyl (C=O) groups is 4. The minimum Gasteiger partial charge on any atom is -0.316 e. The van der Waals surface area contributed by atoms with Crippen molar-refractivity contribution in [2.24, 2.45) is 0 Å². The molecular weight excluding hydrogens is 680 g/mol. The van der Waals surface area contributed by atoms with E-state index < -0.39 is 0 Å². The molecular formula is C40H37BrN4O4. The molecule has 0 bridgehead atoms. The first kappa shape index (κ1) is 36.5. The number of terminal acetylenes is 1. The Morgan fingerprint density at radius 3 is 1.37 bits per heavy atom. The molecule has 0 radical (unpaired) electrons. The van der Waals surface area contributed by atoms with Crippen molar-refractivity contribution in [3.63, 3.8) is 0 Å². The summed E-state index contributed by atoms with van der Waals surface area (Å²) in [5.74, 6) is 7.58. The quantitative estimate of drug-likeness (QED) is 0.174. The molecule has 4 amide bonds. The van der Waals surface area contributed by atoms with Gasteiger partial charge in [-0.25, -0.2) is 0 Å². The van der Waals surface area contributed by atoms with E-state index in [1.165, 1.54) is 20.9 Å². The van der Waals surface area contributed by atoms with E-state index in [0.29, 0.717) is 48.2 Å². The average molecular weight is 718 g/mol. The lowest BCUT2D eigenvalue weighted by molar-refractivity contribution is 0.0642. The van der Waals surface area contributed by atoms with E-state index in [2.05, 4.69) is 56.5 Å². The lowest BCUT2D eigenvalue weighted by Crippen LogP contribution is -2.30. The SMILES string of the molecule is C#CCCN1C(=O)c2ccccc2C1=O.CNCc1ccc(Br)cc1.CNCc1ccc(C#CCCN2C(=O)c3ccccc3C2=O)cc1. The van der Waals surface area contributed by atoms with Crippen molar-refractivity contribution < 1.29 is 19.2 Å². The van der Waals surface area contributed by atoms with Crippen LogP contribution in [0.1, 0.15) is 71.0 Å². The zero-order valence-corrected chi connectivity index (χ0v) is 29.0. The number of nitrogens with one attached hydrogen (secondary N) is 2. The summed E-state index contributed by atoms with van der Waals surface area (Å²) in [5, 5.41) is 6.19. The summed E-state index contributed by atoms with van der Waals surface area (Å²) in [5.41, 5.74) is 5.35. The number of nitrogens with zero attached hydrogens (tertiary/aromatic N) is 2. The Balaban J connectivity index is 0.000000184. The predicted octanol–water partition coefficient (Wildman–Crippen LogP) is 5.92. The summed E-state index contributed by atoms with van der Waals surface area (Å²) < 4.78 is 1.13. The first-order valence-corrected chi connectivity index (χ1v) is 16.5. The molecule has 2 heterocycles. The molecule has 2 N–H and O–H groups in total. The summed E-state index contributed by atoms with van der Waals surface area (Å²) in [7, 11) is 3.86. The van der Waals surface area contributed by atoms with Gasteiger partial charge in [0.05, 0.1) is 22.3 Å². The second-order valence-corrected chi connectivity index (χ2v) is 11.9. The van der Waals surface area contributed by atoms with Crippen molar-refractivity contribution in [2.45, 2.75) is 25.9 Å². The highest BCUT2D eigenvalue weighted by Gasteiger charge is 2.35. The molecule has 0 saturated heterocycles. The fourth-order valence-electron chi connectivity index (χ4n) is 5.11. The zero-order valence-electron chi connectivity index (χ0n) is 27.5. The molecule has 0 aromatic heterocycles. The second kappa shape index (κ2) is 18.3. The Hall–Kier alpha value is -5.32. The number of halogens is 1. The van der Waals surface area contributed by atoms with Crippen LogP contribution in [0.25, 0.3) is 0 Å². The largest absolute Gasteiger partial charge is 0.316 e. The molecule has 248 valence electrons. The number of hydrogen-bond acceptors (Lipinski definition) is 6. The maximum absolute atomic E-state index is 12.2. The van der Waals surface area contributed by atoms with Gasteiger partial charge in [-0.15, -0.1) is 12.3 Å². The van der Waals surface area contributed by atoms with Gasteiger partial charge in [-0.3, -0.25) is 29.0 Å². The van der Waals surface area contributed by atoms with E-state index in [1.54, 1.807) is 48.5 Å². The molecule has 6 rings (SSSR count). The second-order valence-electron chi connectivity index (χ2n) is 11.0. The van der Waals surface area contributed by atoms with Gasteiger partial charge in [-0.2, -0.15) is 0 Å². The Morgan fingerprint density at radius 2 is 0.980 bits per heavy atom. The summed E-state index contributed by atoms with van der Waals surface area (Å²) in [6, 6.07) is 30.0. The van der Waals surface area contributed by atoms with E-state index in [1.807, 2.05) is 50.5 Å². The highest BCUT2D eigenvalue weighted by atomic mass is 79.9. The van der Waals surface area contributed by atoms with Gasteiger partial charge in [0.1, 0.15) is 0 Å². The fraction of sp³-hybridized carbons (Fsp3) is 0.200. The third-order valence-corrected chi connectivity index (χ3v) is 8.09. The number of rotatable bonds is 8. The molecule has 49 heavy (non-hydrogen) atoms. The summed E-state index contributed by atoms with van der Waals surface area (Å²) in [6.07, 6.45) is 5.96. The van der Waals surface area contributed by atoms with Crippen molar-refractivity contribution in [3.8, 4) is 24.2 Å². The lowest BCUT2D eigenvalue weighted by Gasteiger charge is -2.11. The number of hydrogen-bond donors (Lipinski definition) is 2. The van der Waals surface area contributed by atoms with Gasteiger partial charge >= 0.3 is 0 Å². The fourth-order valence-corrected chi connectivity index (χ4v) is 5.37. The lowest BCUT2D eigenvalue weighted by atomic mass is 10.1. The average Bonchev–Trinajstić information content (AvgIpc) is 3.51. The molecule has 0 spiro atoms. The summed E-state index contributed by atoms with van der Waals surface area (Å²) >= 11 is 3.38. The topological polar surface area (TPSA) is 98.8 Å². The van der Waals surface area contributed by atoms with Crippen molar-refractivity contribution in [3.05, 3.63) is 140 Å². The maximum atomic E-state index is 12.2. The van der Waals surface area contributed by atoms with Gasteiger partial charge in [-0.05, 0) is 73.8 Å². The van der Waals surface area contributed by atoms with Crippen LogP contribution >= 0.6 is 15.9 Å². The Labute approximate surface area is 296 Å². The van der Waals surface area contributed by atoms with Gasteiger partial charge in [0, 0.05) is 49.1 Å². The van der Waals surface area contributed by atoms with Crippen LogP contribution in [-0.4, -0.2) is 60.6 Å². The third kappa shape index (κ3) is 9.62. The Morgan fingerprint density at radius 1 is 0.592 bits per heavy atom. The van der Waals surface area contributed by atoms with Crippen LogP contribution in [0.2, 0.25) is 0 Å². The highest BCUT2D eigenvalue weighted by molar-refractivity contribution is 9.10. The monoisotopic (exact) mass is 716 g/mol. The zero-order chi connectivity index (χ0) is 35.2. The van der Waals surface area contributed by atoms with Crippen LogP contribution in [0.3, 0.4) is 0 Å². The molecule has 4 aromatic carbocycles. The van der Waals surface area contributed by atoms with Gasteiger partial charge in [0.25, 0.3) is 23.6 Å². The van der Waals surface area contributed by atoms with Gasteiger partial charge < -0.3 is 10.6 Å². The predicted molar refractivity (Wildman–Crippen MR) is 195 cm³/mol. The van der Waals surface area contributed by atoms with Crippen molar-refractivity contribution in [1.82, 2.24) is 20.4 Å². The van der Waals surface area contributed by atoms with Crippen LogP contribution in [0.15, 0.2) is 102 Å². The molecule has 4 aromatic rings. The standard InChI is InChI=1S/C20H18N2O2.C12H9NO2.C8H10BrN/c1-21-14-16-11-9-15(10-12-16)6-4-5-13-22-19(23)17-7-2-3-8-18(17)20(22)24;1-2-3-8-13-11(14)9-6-4-5-7-10(9)12(13)15;1-10-6-7-2-4-8(9)5-3-7/h2-3,7-12,21H,5,13-14H2,1H3;1,4-7H,3,8H2;2-5,10H,6H2,1H3. The molecule has 9 heteroatoms. The molecule has 2 aliphatic rings.